The Morgan fingerprint density at radius 2 is 1.59 bits per heavy atom. The number of fused-ring (bicyclic) bond motifs is 3. The number of pyridine rings is 1. The third-order valence-electron chi connectivity index (χ3n) is 4.22. The molecule has 1 N–H and O–H groups in total. The third-order valence-corrected chi connectivity index (χ3v) is 5.60. The molecular weight excluding hydrogens is 366 g/mol. The van der Waals surface area contributed by atoms with Crippen LogP contribution in [0, 0.1) is 10.1 Å². The van der Waals surface area contributed by atoms with Crippen molar-refractivity contribution in [1.82, 2.24) is 4.98 Å². The number of nitro benzene ring substituents is 1. The van der Waals surface area contributed by atoms with E-state index in [-0.39, 0.29) is 10.6 Å². The van der Waals surface area contributed by atoms with E-state index in [9.17, 15) is 18.5 Å². The molecule has 0 bridgehead atoms. The zero-order valence-electron chi connectivity index (χ0n) is 13.9. The first-order valence-corrected chi connectivity index (χ1v) is 9.48. The normalized spacial score (nSPS) is 11.6. The van der Waals surface area contributed by atoms with E-state index in [1.165, 1.54) is 12.1 Å². The van der Waals surface area contributed by atoms with Crippen molar-refractivity contribution in [1.29, 1.82) is 0 Å². The first kappa shape index (κ1) is 16.9. The second-order valence-electron chi connectivity index (χ2n) is 5.90. The molecule has 7 nitrogen and oxygen atoms in total. The molecule has 0 atom stereocenters. The molecule has 3 aromatic carbocycles. The Kier molecular flexibility index (Phi) is 3.97. The summed E-state index contributed by atoms with van der Waals surface area (Å²) in [6.45, 7) is 0. The Balaban J connectivity index is 1.83. The van der Waals surface area contributed by atoms with Crippen LogP contribution in [0.5, 0.6) is 0 Å². The number of hydrogen-bond acceptors (Lipinski definition) is 5. The lowest BCUT2D eigenvalue weighted by Crippen LogP contribution is -2.13. The van der Waals surface area contributed by atoms with Gasteiger partial charge in [0.25, 0.3) is 15.7 Å². The molecule has 0 unspecified atom stereocenters. The van der Waals surface area contributed by atoms with Crippen LogP contribution in [-0.4, -0.2) is 18.3 Å². The monoisotopic (exact) mass is 379 g/mol. The van der Waals surface area contributed by atoms with Gasteiger partial charge in [-0.2, -0.15) is 0 Å². The van der Waals surface area contributed by atoms with Crippen molar-refractivity contribution in [3.8, 4) is 0 Å². The molecule has 8 heteroatoms. The Bertz CT molecular complexity index is 1290. The van der Waals surface area contributed by atoms with Crippen molar-refractivity contribution in [2.75, 3.05) is 4.72 Å². The van der Waals surface area contributed by atoms with Crippen LogP contribution in [0.15, 0.2) is 77.8 Å². The van der Waals surface area contributed by atoms with Gasteiger partial charge in [0.1, 0.15) is 0 Å². The number of nitro groups is 1. The summed E-state index contributed by atoms with van der Waals surface area (Å²) in [5.74, 6) is 0. The van der Waals surface area contributed by atoms with Crippen LogP contribution >= 0.6 is 0 Å². The maximum Gasteiger partial charge on any atom is 0.269 e. The van der Waals surface area contributed by atoms with Crippen molar-refractivity contribution >= 4 is 43.1 Å². The molecule has 134 valence electrons. The van der Waals surface area contributed by atoms with E-state index in [1.807, 2.05) is 30.3 Å². The summed E-state index contributed by atoms with van der Waals surface area (Å²) in [7, 11) is -3.92. The molecule has 27 heavy (non-hydrogen) atoms. The molecule has 0 amide bonds. The van der Waals surface area contributed by atoms with Crippen LogP contribution in [0.2, 0.25) is 0 Å². The Morgan fingerprint density at radius 1 is 0.889 bits per heavy atom. The van der Waals surface area contributed by atoms with Crippen molar-refractivity contribution in [2.24, 2.45) is 0 Å². The van der Waals surface area contributed by atoms with Crippen molar-refractivity contribution in [3.05, 3.63) is 83.0 Å². The van der Waals surface area contributed by atoms with Gasteiger partial charge < -0.3 is 0 Å². The number of sulfonamides is 1. The molecule has 0 saturated heterocycles. The molecule has 0 saturated carbocycles. The number of non-ortho nitro benzene ring substituents is 1. The van der Waals surface area contributed by atoms with Crippen molar-refractivity contribution in [2.45, 2.75) is 4.90 Å². The summed E-state index contributed by atoms with van der Waals surface area (Å²) < 4.78 is 28.1. The molecule has 0 aliphatic heterocycles. The number of hydrogen-bond donors (Lipinski definition) is 1. The van der Waals surface area contributed by atoms with Crippen molar-refractivity contribution in [3.63, 3.8) is 0 Å². The van der Waals surface area contributed by atoms with Crippen LogP contribution in [0.25, 0.3) is 21.7 Å². The maximum absolute atomic E-state index is 12.8. The van der Waals surface area contributed by atoms with Gasteiger partial charge in [-0.1, -0.05) is 30.3 Å². The molecule has 0 aliphatic rings. The quantitative estimate of drug-likeness (QED) is 0.327. The molecular formula is C19H13N3O4S. The van der Waals surface area contributed by atoms with E-state index < -0.39 is 14.9 Å². The summed E-state index contributed by atoms with van der Waals surface area (Å²) in [5.41, 5.74) is 0.918. The molecule has 4 rings (SSSR count). The smallest absolute Gasteiger partial charge is 0.269 e. The highest BCUT2D eigenvalue weighted by Gasteiger charge is 2.18. The van der Waals surface area contributed by atoms with Gasteiger partial charge in [0, 0.05) is 29.1 Å². The van der Waals surface area contributed by atoms with E-state index in [4.69, 9.17) is 0 Å². The molecule has 0 spiro atoms. The fourth-order valence-corrected chi connectivity index (χ4v) is 4.02. The van der Waals surface area contributed by atoms with Gasteiger partial charge in [-0.3, -0.25) is 19.8 Å². The molecule has 1 heterocycles. The highest BCUT2D eigenvalue weighted by molar-refractivity contribution is 7.92. The van der Waals surface area contributed by atoms with Crippen LogP contribution in [0.3, 0.4) is 0 Å². The fourth-order valence-electron chi connectivity index (χ4n) is 2.95. The summed E-state index contributed by atoms with van der Waals surface area (Å²) in [6, 6.07) is 17.6. The number of aromatic nitrogens is 1. The Hall–Kier alpha value is -3.52. The molecule has 0 fully saturated rings. The Labute approximate surface area is 154 Å². The average molecular weight is 379 g/mol. The summed E-state index contributed by atoms with van der Waals surface area (Å²) in [4.78, 5) is 14.5. The zero-order valence-corrected chi connectivity index (χ0v) is 14.7. The van der Waals surface area contributed by atoms with Crippen LogP contribution in [-0.2, 0) is 10.0 Å². The van der Waals surface area contributed by atoms with Crippen molar-refractivity contribution < 1.29 is 13.3 Å². The van der Waals surface area contributed by atoms with E-state index in [0.29, 0.717) is 16.6 Å². The second kappa shape index (κ2) is 6.33. The minimum atomic E-state index is -3.92. The summed E-state index contributed by atoms with van der Waals surface area (Å²) in [6.07, 6.45) is 1.66. The number of nitrogens with one attached hydrogen (secondary N) is 1. The highest BCUT2D eigenvalue weighted by atomic mass is 32.2. The van der Waals surface area contributed by atoms with Gasteiger partial charge >= 0.3 is 0 Å². The molecule has 0 aliphatic carbocycles. The number of anilines is 1. The molecule has 1 aromatic heterocycles. The SMILES string of the molecule is O=[N+]([O-])c1ccc(S(=O)(=O)Nc2cccc3ccc4cccnc4c23)cc1. The van der Waals surface area contributed by atoms with E-state index in [2.05, 4.69) is 9.71 Å². The summed E-state index contributed by atoms with van der Waals surface area (Å²) in [5, 5.41) is 13.2. The average Bonchev–Trinajstić information content (AvgIpc) is 2.67. The van der Waals surface area contributed by atoms with Crippen LogP contribution < -0.4 is 4.72 Å². The summed E-state index contributed by atoms with van der Waals surface area (Å²) >= 11 is 0. The van der Waals surface area contributed by atoms with E-state index in [0.717, 1.165) is 22.9 Å². The standard InChI is InChI=1S/C19H13N3O4S/c23-22(24)15-8-10-16(11-9-15)27(25,26)21-17-5-1-3-13-6-7-14-4-2-12-20-19(14)18(13)17/h1-12,21H. The number of rotatable bonds is 4. The largest absolute Gasteiger partial charge is 0.279 e. The molecule has 4 aromatic rings. The maximum atomic E-state index is 12.8. The number of nitrogens with zero attached hydrogens (tertiary/aromatic N) is 2. The molecule has 0 radical (unpaired) electrons. The predicted molar refractivity (Wildman–Crippen MR) is 103 cm³/mol. The third kappa shape index (κ3) is 3.06. The minimum Gasteiger partial charge on any atom is -0.279 e. The first-order valence-electron chi connectivity index (χ1n) is 7.99. The zero-order chi connectivity index (χ0) is 19.0. The van der Waals surface area contributed by atoms with Crippen LogP contribution in [0.1, 0.15) is 0 Å². The lowest BCUT2D eigenvalue weighted by molar-refractivity contribution is -0.384. The van der Waals surface area contributed by atoms with Gasteiger partial charge in [0.2, 0.25) is 0 Å². The van der Waals surface area contributed by atoms with Crippen LogP contribution in [0.4, 0.5) is 11.4 Å². The number of benzene rings is 3. The van der Waals surface area contributed by atoms with Gasteiger partial charge in [0.15, 0.2) is 0 Å². The van der Waals surface area contributed by atoms with Gasteiger partial charge in [-0.05, 0) is 29.7 Å². The first-order chi connectivity index (χ1) is 13.0. The van der Waals surface area contributed by atoms with Gasteiger partial charge in [-0.25, -0.2) is 8.42 Å². The van der Waals surface area contributed by atoms with Gasteiger partial charge in [0.05, 0.1) is 21.0 Å². The lowest BCUT2D eigenvalue weighted by Gasteiger charge is -2.12. The highest BCUT2D eigenvalue weighted by Crippen LogP contribution is 2.31. The predicted octanol–water partition coefficient (Wildman–Crippen LogP) is 4.10. The van der Waals surface area contributed by atoms with E-state index >= 15 is 0 Å². The van der Waals surface area contributed by atoms with Gasteiger partial charge in [-0.15, -0.1) is 0 Å². The second-order valence-corrected chi connectivity index (χ2v) is 7.58. The lowest BCUT2D eigenvalue weighted by atomic mass is 10.0. The minimum absolute atomic E-state index is 0.0571. The topological polar surface area (TPSA) is 102 Å². The van der Waals surface area contributed by atoms with E-state index in [1.54, 1.807) is 18.3 Å². The fraction of sp³-hybridized carbons (Fsp3) is 0. The Morgan fingerprint density at radius 3 is 2.33 bits per heavy atom.